The molecule has 2 heterocycles. The van der Waals surface area contributed by atoms with Crippen LogP contribution in [0.1, 0.15) is 5.56 Å². The van der Waals surface area contributed by atoms with Gasteiger partial charge in [-0.15, -0.1) is 0 Å². The van der Waals surface area contributed by atoms with Crippen molar-refractivity contribution in [3.8, 4) is 5.69 Å². The molecule has 6 heteroatoms. The summed E-state index contributed by atoms with van der Waals surface area (Å²) in [5.41, 5.74) is 1.68. The van der Waals surface area contributed by atoms with E-state index in [0.29, 0.717) is 16.9 Å². The summed E-state index contributed by atoms with van der Waals surface area (Å²) in [4.78, 5) is 29.0. The minimum atomic E-state index is -0.398. The van der Waals surface area contributed by atoms with Gasteiger partial charge in [0.15, 0.2) is 11.2 Å². The van der Waals surface area contributed by atoms with Gasteiger partial charge in [0.2, 0.25) is 0 Å². The number of fused-ring (bicyclic) bond motifs is 1. The summed E-state index contributed by atoms with van der Waals surface area (Å²) in [6.45, 7) is 1.95. The number of hydrogen-bond donors (Lipinski definition) is 0. The van der Waals surface area contributed by atoms with E-state index in [4.69, 9.17) is 0 Å². The molecule has 0 saturated carbocycles. The molecule has 0 bridgehead atoms. The van der Waals surface area contributed by atoms with Gasteiger partial charge in [-0.25, -0.2) is 14.3 Å². The summed E-state index contributed by atoms with van der Waals surface area (Å²) < 4.78 is 4.18. The smallest absolute Gasteiger partial charge is 0.328 e. The van der Waals surface area contributed by atoms with Crippen molar-refractivity contribution in [2.75, 3.05) is 0 Å². The molecular formula is C14H14N4O2. The lowest BCUT2D eigenvalue weighted by atomic mass is 10.2. The van der Waals surface area contributed by atoms with Crippen LogP contribution >= 0.6 is 0 Å². The molecule has 0 aliphatic rings. The summed E-state index contributed by atoms with van der Waals surface area (Å²) in [7, 11) is 3.35. The Balaban J connectivity index is 2.48. The topological polar surface area (TPSA) is 61.8 Å². The summed E-state index contributed by atoms with van der Waals surface area (Å²) >= 11 is 0. The van der Waals surface area contributed by atoms with Gasteiger partial charge < -0.3 is 4.57 Å². The minimum absolute atomic E-state index is 0.355. The van der Waals surface area contributed by atoms with Gasteiger partial charge in [-0.05, 0) is 19.1 Å². The van der Waals surface area contributed by atoms with E-state index >= 15 is 0 Å². The molecule has 0 atom stereocenters. The Morgan fingerprint density at radius 2 is 1.70 bits per heavy atom. The average molecular weight is 270 g/mol. The van der Waals surface area contributed by atoms with E-state index in [0.717, 1.165) is 5.56 Å². The largest absolute Gasteiger partial charge is 0.337 e. The third-order valence-corrected chi connectivity index (χ3v) is 3.41. The highest BCUT2D eigenvalue weighted by molar-refractivity contribution is 5.70. The van der Waals surface area contributed by atoms with Crippen molar-refractivity contribution in [1.82, 2.24) is 18.7 Å². The van der Waals surface area contributed by atoms with Crippen LogP contribution in [0.2, 0.25) is 0 Å². The molecule has 0 unspecified atom stereocenters. The van der Waals surface area contributed by atoms with E-state index in [2.05, 4.69) is 4.98 Å². The fraction of sp³-hybridized carbons (Fsp3) is 0.214. The summed E-state index contributed by atoms with van der Waals surface area (Å²) in [5.74, 6) is 0. The highest BCUT2D eigenvalue weighted by Gasteiger charge is 2.15. The highest BCUT2D eigenvalue weighted by Crippen LogP contribution is 2.08. The molecule has 3 aromatic rings. The Morgan fingerprint density at radius 1 is 1.05 bits per heavy atom. The van der Waals surface area contributed by atoms with Crippen molar-refractivity contribution >= 4 is 11.2 Å². The second-order valence-electron chi connectivity index (χ2n) is 4.85. The summed E-state index contributed by atoms with van der Waals surface area (Å²) in [6.07, 6.45) is 1.53. The Kier molecular flexibility index (Phi) is 2.60. The SMILES string of the molecule is Cc1ccc(-n2c(=O)c3c(ncn3C)n(C)c2=O)cc1. The molecule has 0 radical (unpaired) electrons. The van der Waals surface area contributed by atoms with Crippen molar-refractivity contribution in [3.63, 3.8) is 0 Å². The number of benzene rings is 1. The van der Waals surface area contributed by atoms with Gasteiger partial charge in [0.05, 0.1) is 12.0 Å². The Hall–Kier alpha value is -2.63. The van der Waals surface area contributed by atoms with Crippen molar-refractivity contribution in [2.24, 2.45) is 14.1 Å². The molecule has 0 aliphatic carbocycles. The van der Waals surface area contributed by atoms with E-state index in [-0.39, 0.29) is 5.56 Å². The number of nitrogens with zero attached hydrogens (tertiary/aromatic N) is 4. The Labute approximate surface area is 114 Å². The predicted octanol–water partition coefficient (Wildman–Crippen LogP) is 0.731. The molecule has 102 valence electrons. The molecule has 0 spiro atoms. The first-order valence-corrected chi connectivity index (χ1v) is 6.21. The number of rotatable bonds is 1. The first-order chi connectivity index (χ1) is 9.50. The maximum Gasteiger partial charge on any atom is 0.337 e. The van der Waals surface area contributed by atoms with E-state index in [9.17, 15) is 9.59 Å². The maximum atomic E-state index is 12.6. The molecule has 2 aromatic heterocycles. The first-order valence-electron chi connectivity index (χ1n) is 6.21. The normalized spacial score (nSPS) is 11.2. The Morgan fingerprint density at radius 3 is 2.35 bits per heavy atom. The number of aromatic nitrogens is 4. The maximum absolute atomic E-state index is 12.6. The van der Waals surface area contributed by atoms with Crippen molar-refractivity contribution in [3.05, 3.63) is 57.0 Å². The number of hydrogen-bond acceptors (Lipinski definition) is 3. The predicted molar refractivity (Wildman–Crippen MR) is 76.3 cm³/mol. The second-order valence-corrected chi connectivity index (χ2v) is 4.85. The van der Waals surface area contributed by atoms with Crippen LogP contribution in [0.15, 0.2) is 40.2 Å². The molecule has 6 nitrogen and oxygen atoms in total. The zero-order chi connectivity index (χ0) is 14.4. The second kappa shape index (κ2) is 4.19. The fourth-order valence-corrected chi connectivity index (χ4v) is 2.26. The van der Waals surface area contributed by atoms with Crippen molar-refractivity contribution in [2.45, 2.75) is 6.92 Å². The number of imidazole rings is 1. The third-order valence-electron chi connectivity index (χ3n) is 3.41. The first kappa shape index (κ1) is 12.4. The van der Waals surface area contributed by atoms with Crippen molar-refractivity contribution in [1.29, 1.82) is 0 Å². The molecule has 0 aliphatic heterocycles. The summed E-state index contributed by atoms with van der Waals surface area (Å²) in [6, 6.07) is 7.27. The molecular weight excluding hydrogens is 256 g/mol. The van der Waals surface area contributed by atoms with E-state index in [1.54, 1.807) is 30.8 Å². The van der Waals surface area contributed by atoms with E-state index < -0.39 is 5.69 Å². The van der Waals surface area contributed by atoms with Gasteiger partial charge in [-0.1, -0.05) is 17.7 Å². The minimum Gasteiger partial charge on any atom is -0.328 e. The van der Waals surface area contributed by atoms with Crippen LogP contribution in [0.25, 0.3) is 16.9 Å². The third kappa shape index (κ3) is 1.61. The van der Waals surface area contributed by atoms with Gasteiger partial charge in [-0.3, -0.25) is 9.36 Å². The molecule has 0 fully saturated rings. The van der Waals surface area contributed by atoms with Gasteiger partial charge in [0.25, 0.3) is 5.56 Å². The van der Waals surface area contributed by atoms with Crippen LogP contribution in [0, 0.1) is 6.92 Å². The van der Waals surface area contributed by atoms with Gasteiger partial charge >= 0.3 is 5.69 Å². The lowest BCUT2D eigenvalue weighted by Gasteiger charge is -2.08. The monoisotopic (exact) mass is 270 g/mol. The van der Waals surface area contributed by atoms with Crippen LogP contribution in [0.3, 0.4) is 0 Å². The van der Waals surface area contributed by atoms with E-state index in [1.165, 1.54) is 15.5 Å². The van der Waals surface area contributed by atoms with Gasteiger partial charge in [0.1, 0.15) is 0 Å². The standard InChI is InChI=1S/C14H14N4O2/c1-9-4-6-10(7-5-9)18-13(19)11-12(15-8-16(11)2)17(3)14(18)20/h4-8H,1-3H3. The molecule has 0 saturated heterocycles. The molecule has 1 aromatic carbocycles. The van der Waals surface area contributed by atoms with Crippen LogP contribution in [-0.4, -0.2) is 18.7 Å². The molecule has 0 N–H and O–H groups in total. The molecule has 20 heavy (non-hydrogen) atoms. The molecule has 0 amide bonds. The number of aryl methyl sites for hydroxylation is 3. The zero-order valence-corrected chi connectivity index (χ0v) is 11.5. The fourth-order valence-electron chi connectivity index (χ4n) is 2.26. The molecule has 3 rings (SSSR count). The summed E-state index contributed by atoms with van der Waals surface area (Å²) in [5, 5.41) is 0. The van der Waals surface area contributed by atoms with Crippen LogP contribution in [0.4, 0.5) is 0 Å². The van der Waals surface area contributed by atoms with Crippen LogP contribution in [-0.2, 0) is 14.1 Å². The van der Waals surface area contributed by atoms with Crippen LogP contribution in [0.5, 0.6) is 0 Å². The van der Waals surface area contributed by atoms with Crippen LogP contribution < -0.4 is 11.2 Å². The zero-order valence-electron chi connectivity index (χ0n) is 11.5. The Bertz CT molecular complexity index is 913. The van der Waals surface area contributed by atoms with Gasteiger partial charge in [0, 0.05) is 14.1 Å². The quantitative estimate of drug-likeness (QED) is 0.655. The highest BCUT2D eigenvalue weighted by atomic mass is 16.2. The van der Waals surface area contributed by atoms with E-state index in [1.807, 2.05) is 19.1 Å². The van der Waals surface area contributed by atoms with Gasteiger partial charge in [-0.2, -0.15) is 0 Å². The lowest BCUT2D eigenvalue weighted by Crippen LogP contribution is -2.38. The van der Waals surface area contributed by atoms with Crippen molar-refractivity contribution < 1.29 is 0 Å². The lowest BCUT2D eigenvalue weighted by molar-refractivity contribution is 0.763. The average Bonchev–Trinajstić information content (AvgIpc) is 2.81.